The topological polar surface area (TPSA) is 38.3 Å². The summed E-state index contributed by atoms with van der Waals surface area (Å²) >= 11 is 0. The number of alkyl carbamates (subject to hydrolysis) is 1. The van der Waals surface area contributed by atoms with Gasteiger partial charge in [0.25, 0.3) is 0 Å². The summed E-state index contributed by atoms with van der Waals surface area (Å²) in [6.07, 6.45) is 9.42. The van der Waals surface area contributed by atoms with Crippen LogP contribution in [0.2, 0.25) is 0 Å². The van der Waals surface area contributed by atoms with Crippen LogP contribution in [0.25, 0.3) is 0 Å². The van der Waals surface area contributed by atoms with Crippen LogP contribution in [0.15, 0.2) is 30.3 Å². The standard InChI is InChI=1S/C18H27NO2/c20-18(19-14-6-12-16-10-4-5-11-16)21-15-7-13-17-8-2-1-3-9-17/h1-3,8-9,16H,4-7,10-15H2,(H,19,20). The van der Waals surface area contributed by atoms with Gasteiger partial charge in [-0.05, 0) is 37.2 Å². The number of carbonyl (C=O) groups excluding carboxylic acids is 1. The van der Waals surface area contributed by atoms with Crippen LogP contribution in [0.3, 0.4) is 0 Å². The van der Waals surface area contributed by atoms with E-state index in [1.807, 2.05) is 18.2 Å². The number of carbonyl (C=O) groups is 1. The fourth-order valence-corrected chi connectivity index (χ4v) is 3.02. The first-order valence-electron chi connectivity index (χ1n) is 8.29. The first-order valence-corrected chi connectivity index (χ1v) is 8.29. The lowest BCUT2D eigenvalue weighted by Gasteiger charge is -2.09. The number of ether oxygens (including phenoxy) is 1. The molecule has 0 unspecified atom stereocenters. The summed E-state index contributed by atoms with van der Waals surface area (Å²) in [4.78, 5) is 11.5. The van der Waals surface area contributed by atoms with E-state index in [0.717, 1.165) is 31.7 Å². The molecule has 0 heterocycles. The Kier molecular flexibility index (Phi) is 7.13. The maximum Gasteiger partial charge on any atom is 0.407 e. The minimum Gasteiger partial charge on any atom is -0.450 e. The molecule has 1 fully saturated rings. The second-order valence-electron chi connectivity index (χ2n) is 5.94. The van der Waals surface area contributed by atoms with E-state index in [-0.39, 0.29) is 6.09 Å². The minimum absolute atomic E-state index is 0.269. The highest BCUT2D eigenvalue weighted by Gasteiger charge is 2.14. The van der Waals surface area contributed by atoms with Gasteiger partial charge in [-0.2, -0.15) is 0 Å². The van der Waals surface area contributed by atoms with E-state index < -0.39 is 0 Å². The Labute approximate surface area is 128 Å². The number of benzene rings is 1. The highest BCUT2D eigenvalue weighted by atomic mass is 16.5. The lowest BCUT2D eigenvalue weighted by atomic mass is 10.0. The smallest absolute Gasteiger partial charge is 0.407 e. The van der Waals surface area contributed by atoms with Crippen molar-refractivity contribution in [1.29, 1.82) is 0 Å². The third kappa shape index (κ3) is 6.65. The van der Waals surface area contributed by atoms with Crippen LogP contribution >= 0.6 is 0 Å². The molecule has 0 atom stereocenters. The van der Waals surface area contributed by atoms with Gasteiger partial charge in [-0.15, -0.1) is 0 Å². The maximum atomic E-state index is 11.5. The molecular weight excluding hydrogens is 262 g/mol. The minimum atomic E-state index is -0.269. The third-order valence-electron chi connectivity index (χ3n) is 4.22. The fourth-order valence-electron chi connectivity index (χ4n) is 3.02. The second kappa shape index (κ2) is 9.43. The third-order valence-corrected chi connectivity index (χ3v) is 4.22. The van der Waals surface area contributed by atoms with Crippen LogP contribution in [-0.4, -0.2) is 19.2 Å². The predicted octanol–water partition coefficient (Wildman–Crippen LogP) is 4.32. The van der Waals surface area contributed by atoms with Crippen molar-refractivity contribution in [2.45, 2.75) is 51.4 Å². The van der Waals surface area contributed by atoms with Gasteiger partial charge in [-0.3, -0.25) is 0 Å². The maximum absolute atomic E-state index is 11.5. The van der Waals surface area contributed by atoms with Gasteiger partial charge in [0.05, 0.1) is 6.61 Å². The fraction of sp³-hybridized carbons (Fsp3) is 0.611. The van der Waals surface area contributed by atoms with E-state index in [2.05, 4.69) is 17.4 Å². The Bertz CT molecular complexity index is 399. The predicted molar refractivity (Wildman–Crippen MR) is 85.3 cm³/mol. The van der Waals surface area contributed by atoms with Gasteiger partial charge in [-0.1, -0.05) is 56.0 Å². The van der Waals surface area contributed by atoms with Crippen LogP contribution in [-0.2, 0) is 11.2 Å². The molecule has 1 amide bonds. The molecule has 0 bridgehead atoms. The van der Waals surface area contributed by atoms with E-state index in [0.29, 0.717) is 6.61 Å². The van der Waals surface area contributed by atoms with Crippen molar-refractivity contribution in [2.75, 3.05) is 13.2 Å². The van der Waals surface area contributed by atoms with E-state index in [9.17, 15) is 4.79 Å². The monoisotopic (exact) mass is 289 g/mol. The number of hydrogen-bond acceptors (Lipinski definition) is 2. The van der Waals surface area contributed by atoms with Crippen LogP contribution in [0.5, 0.6) is 0 Å². The van der Waals surface area contributed by atoms with Crippen molar-refractivity contribution >= 4 is 6.09 Å². The van der Waals surface area contributed by atoms with Gasteiger partial charge in [0.1, 0.15) is 0 Å². The Morgan fingerprint density at radius 3 is 2.67 bits per heavy atom. The average molecular weight is 289 g/mol. The van der Waals surface area contributed by atoms with Crippen molar-refractivity contribution in [3.05, 3.63) is 35.9 Å². The van der Waals surface area contributed by atoms with E-state index in [1.54, 1.807) is 0 Å². The van der Waals surface area contributed by atoms with Crippen molar-refractivity contribution in [2.24, 2.45) is 5.92 Å². The molecule has 3 nitrogen and oxygen atoms in total. The molecular formula is C18H27NO2. The molecule has 1 aliphatic rings. The highest BCUT2D eigenvalue weighted by Crippen LogP contribution is 2.28. The van der Waals surface area contributed by atoms with Gasteiger partial charge in [-0.25, -0.2) is 4.79 Å². The van der Waals surface area contributed by atoms with Gasteiger partial charge >= 0.3 is 6.09 Å². The summed E-state index contributed by atoms with van der Waals surface area (Å²) in [5, 5.41) is 2.84. The Hall–Kier alpha value is -1.51. The van der Waals surface area contributed by atoms with Crippen LogP contribution in [0, 0.1) is 5.92 Å². The molecule has 2 rings (SSSR count). The SMILES string of the molecule is O=C(NCCCC1CCCC1)OCCCc1ccccc1. The highest BCUT2D eigenvalue weighted by molar-refractivity contribution is 5.66. The van der Waals surface area contributed by atoms with Crippen molar-refractivity contribution < 1.29 is 9.53 Å². The van der Waals surface area contributed by atoms with E-state index in [4.69, 9.17) is 4.74 Å². The summed E-state index contributed by atoms with van der Waals surface area (Å²) in [6.45, 7) is 1.23. The molecule has 3 heteroatoms. The number of nitrogens with one attached hydrogen (secondary N) is 1. The second-order valence-corrected chi connectivity index (χ2v) is 5.94. The van der Waals surface area contributed by atoms with E-state index in [1.165, 1.54) is 37.7 Å². The molecule has 116 valence electrons. The summed E-state index contributed by atoms with van der Waals surface area (Å²) in [6, 6.07) is 10.3. The van der Waals surface area contributed by atoms with Crippen LogP contribution in [0.1, 0.15) is 50.5 Å². The molecule has 1 aromatic carbocycles. The van der Waals surface area contributed by atoms with Crippen molar-refractivity contribution in [1.82, 2.24) is 5.32 Å². The van der Waals surface area contributed by atoms with Crippen molar-refractivity contribution in [3.63, 3.8) is 0 Å². The zero-order chi connectivity index (χ0) is 14.8. The van der Waals surface area contributed by atoms with E-state index >= 15 is 0 Å². The summed E-state index contributed by atoms with van der Waals surface area (Å²) < 4.78 is 5.19. The van der Waals surface area contributed by atoms with Crippen LogP contribution < -0.4 is 5.32 Å². The van der Waals surface area contributed by atoms with Crippen molar-refractivity contribution in [3.8, 4) is 0 Å². The van der Waals surface area contributed by atoms with Crippen LogP contribution in [0.4, 0.5) is 4.79 Å². The molecule has 0 spiro atoms. The molecule has 0 saturated heterocycles. The first-order chi connectivity index (χ1) is 10.3. The molecule has 1 aliphatic carbocycles. The normalized spacial score (nSPS) is 15.0. The zero-order valence-corrected chi connectivity index (χ0v) is 12.9. The summed E-state index contributed by atoms with van der Waals surface area (Å²) in [5.41, 5.74) is 1.29. The van der Waals surface area contributed by atoms with Gasteiger partial charge in [0, 0.05) is 6.54 Å². The number of aryl methyl sites for hydroxylation is 1. The number of rotatable bonds is 8. The molecule has 1 aromatic rings. The molecule has 0 aliphatic heterocycles. The summed E-state index contributed by atoms with van der Waals surface area (Å²) in [7, 11) is 0. The largest absolute Gasteiger partial charge is 0.450 e. The molecule has 21 heavy (non-hydrogen) atoms. The zero-order valence-electron chi connectivity index (χ0n) is 12.9. The quantitative estimate of drug-likeness (QED) is 0.724. The Morgan fingerprint density at radius 2 is 1.90 bits per heavy atom. The molecule has 1 N–H and O–H groups in total. The summed E-state index contributed by atoms with van der Waals surface area (Å²) in [5.74, 6) is 0.897. The Morgan fingerprint density at radius 1 is 1.14 bits per heavy atom. The Balaban J connectivity index is 1.44. The van der Waals surface area contributed by atoms with Gasteiger partial charge < -0.3 is 10.1 Å². The lowest BCUT2D eigenvalue weighted by molar-refractivity contribution is 0.144. The van der Waals surface area contributed by atoms with Gasteiger partial charge in [0.2, 0.25) is 0 Å². The molecule has 1 saturated carbocycles. The lowest BCUT2D eigenvalue weighted by Crippen LogP contribution is -2.26. The number of hydrogen-bond donors (Lipinski definition) is 1. The molecule has 0 aromatic heterocycles. The first kappa shape index (κ1) is 15.9. The van der Waals surface area contributed by atoms with Gasteiger partial charge in [0.15, 0.2) is 0 Å². The number of amides is 1. The molecule has 0 radical (unpaired) electrons. The average Bonchev–Trinajstić information content (AvgIpc) is 3.02.